The summed E-state index contributed by atoms with van der Waals surface area (Å²) in [5.41, 5.74) is 1.17. The molecule has 1 saturated heterocycles. The van der Waals surface area contributed by atoms with Gasteiger partial charge in [0, 0.05) is 12.3 Å². The van der Waals surface area contributed by atoms with Gasteiger partial charge in [-0.3, -0.25) is 4.98 Å². The van der Waals surface area contributed by atoms with E-state index in [1.54, 1.807) is 24.4 Å². The number of amides is 1. The van der Waals surface area contributed by atoms with E-state index in [0.29, 0.717) is 23.9 Å². The predicted molar refractivity (Wildman–Crippen MR) is 96.7 cm³/mol. The van der Waals surface area contributed by atoms with Crippen molar-refractivity contribution >= 4 is 11.8 Å². The smallest absolute Gasteiger partial charge is 0.414 e. The second kappa shape index (κ2) is 7.57. The zero-order valence-electron chi connectivity index (χ0n) is 15.1. The van der Waals surface area contributed by atoms with E-state index < -0.39 is 12.0 Å². The van der Waals surface area contributed by atoms with Crippen molar-refractivity contribution in [1.82, 2.24) is 15.3 Å². The quantitative estimate of drug-likeness (QED) is 0.783. The van der Waals surface area contributed by atoms with E-state index in [2.05, 4.69) is 15.3 Å². The lowest BCUT2D eigenvalue weighted by Gasteiger charge is -2.40. The molecule has 0 spiro atoms. The number of nitrogens with zero attached hydrogens (tertiary/aromatic N) is 3. The Morgan fingerprint density at radius 2 is 2.07 bits per heavy atom. The van der Waals surface area contributed by atoms with Crippen LogP contribution in [0.3, 0.4) is 0 Å². The zero-order chi connectivity index (χ0) is 19.6. The van der Waals surface area contributed by atoms with Gasteiger partial charge in [0.25, 0.3) is 5.92 Å². The van der Waals surface area contributed by atoms with Gasteiger partial charge in [0.1, 0.15) is 5.69 Å². The van der Waals surface area contributed by atoms with E-state index in [1.807, 2.05) is 6.07 Å². The average Bonchev–Trinajstić information content (AvgIpc) is 3.48. The summed E-state index contributed by atoms with van der Waals surface area (Å²) in [5.74, 6) is -1.98. The number of hydrogen-bond donors (Lipinski definition) is 1. The standard InChI is InChI=1S/C19H20F2N4O3/c20-19(21)11-25(12-19)15-6-7-16(24-17(15)27-10-13-4-5-13)28-18(26)23-9-14-3-1-2-8-22-14/h1-3,6-8,13H,4-5,9-12H2,(H,23,26). The lowest BCUT2D eigenvalue weighted by atomic mass is 10.1. The molecule has 0 bridgehead atoms. The average molecular weight is 390 g/mol. The Kier molecular flexibility index (Phi) is 4.97. The number of anilines is 1. The molecule has 28 heavy (non-hydrogen) atoms. The highest BCUT2D eigenvalue weighted by Crippen LogP contribution is 2.38. The minimum atomic E-state index is -2.70. The van der Waals surface area contributed by atoms with Crippen LogP contribution in [0.25, 0.3) is 0 Å². The molecule has 1 saturated carbocycles. The number of carbonyl (C=O) groups excluding carboxylic acids is 1. The molecule has 2 fully saturated rings. The number of ether oxygens (including phenoxy) is 2. The molecule has 2 aromatic heterocycles. The molecular formula is C19H20F2N4O3. The molecule has 2 aliphatic rings. The molecule has 9 heteroatoms. The molecule has 1 N–H and O–H groups in total. The van der Waals surface area contributed by atoms with E-state index in [1.165, 1.54) is 11.0 Å². The summed E-state index contributed by atoms with van der Waals surface area (Å²) in [5, 5.41) is 2.58. The number of alkyl halides is 2. The lowest BCUT2D eigenvalue weighted by molar-refractivity contribution is -0.0265. The van der Waals surface area contributed by atoms with E-state index in [-0.39, 0.29) is 31.4 Å². The lowest BCUT2D eigenvalue weighted by Crippen LogP contribution is -2.56. The molecule has 2 aromatic rings. The SMILES string of the molecule is O=C(NCc1ccccn1)Oc1ccc(N2CC(F)(F)C2)c(OCC2CC2)n1. The van der Waals surface area contributed by atoms with Crippen LogP contribution in [0, 0.1) is 5.92 Å². The minimum Gasteiger partial charge on any atom is -0.476 e. The monoisotopic (exact) mass is 390 g/mol. The number of rotatable bonds is 7. The van der Waals surface area contributed by atoms with Crippen LogP contribution in [0.5, 0.6) is 11.8 Å². The number of carbonyl (C=O) groups is 1. The number of nitrogens with one attached hydrogen (secondary N) is 1. The maximum absolute atomic E-state index is 13.2. The minimum absolute atomic E-state index is 0.0420. The molecule has 3 heterocycles. The second-order valence-corrected chi connectivity index (χ2v) is 7.00. The third-order valence-corrected chi connectivity index (χ3v) is 4.49. The highest BCUT2D eigenvalue weighted by atomic mass is 19.3. The Labute approximate surface area is 160 Å². The van der Waals surface area contributed by atoms with Crippen LogP contribution in [-0.2, 0) is 6.54 Å². The molecular weight excluding hydrogens is 370 g/mol. The van der Waals surface area contributed by atoms with E-state index >= 15 is 0 Å². The van der Waals surface area contributed by atoms with Crippen LogP contribution < -0.4 is 19.7 Å². The van der Waals surface area contributed by atoms with Crippen LogP contribution in [-0.4, -0.2) is 41.7 Å². The molecule has 148 valence electrons. The van der Waals surface area contributed by atoms with Crippen molar-refractivity contribution in [3.05, 3.63) is 42.2 Å². The van der Waals surface area contributed by atoms with Crippen molar-refractivity contribution in [1.29, 1.82) is 0 Å². The number of halogens is 2. The van der Waals surface area contributed by atoms with Gasteiger partial charge in [0.15, 0.2) is 0 Å². The van der Waals surface area contributed by atoms with Crippen molar-refractivity contribution < 1.29 is 23.0 Å². The Hall–Kier alpha value is -2.97. The molecule has 0 unspecified atom stereocenters. The second-order valence-electron chi connectivity index (χ2n) is 7.00. The van der Waals surface area contributed by atoms with Gasteiger partial charge < -0.3 is 19.7 Å². The molecule has 4 rings (SSSR count). The fraction of sp³-hybridized carbons (Fsp3) is 0.421. The molecule has 1 aliphatic heterocycles. The summed E-state index contributed by atoms with van der Waals surface area (Å²) in [7, 11) is 0. The summed E-state index contributed by atoms with van der Waals surface area (Å²) in [6, 6.07) is 8.44. The summed E-state index contributed by atoms with van der Waals surface area (Å²) in [6.45, 7) is -0.0658. The van der Waals surface area contributed by atoms with Crippen molar-refractivity contribution in [2.75, 3.05) is 24.6 Å². The number of pyridine rings is 2. The molecule has 1 aliphatic carbocycles. The fourth-order valence-electron chi connectivity index (χ4n) is 2.78. The predicted octanol–water partition coefficient (Wildman–Crippen LogP) is 3.01. The first-order valence-electron chi connectivity index (χ1n) is 9.11. The van der Waals surface area contributed by atoms with Gasteiger partial charge in [-0.2, -0.15) is 4.98 Å². The van der Waals surface area contributed by atoms with Gasteiger partial charge in [-0.25, -0.2) is 13.6 Å². The first-order valence-corrected chi connectivity index (χ1v) is 9.11. The van der Waals surface area contributed by atoms with Gasteiger partial charge >= 0.3 is 6.09 Å². The first kappa shape index (κ1) is 18.4. The fourth-order valence-corrected chi connectivity index (χ4v) is 2.78. The van der Waals surface area contributed by atoms with Crippen molar-refractivity contribution in [2.24, 2.45) is 5.92 Å². The molecule has 1 amide bonds. The number of hydrogen-bond acceptors (Lipinski definition) is 6. The Morgan fingerprint density at radius 3 is 2.75 bits per heavy atom. The summed E-state index contributed by atoms with van der Waals surface area (Å²) >= 11 is 0. The third-order valence-electron chi connectivity index (χ3n) is 4.49. The molecule has 0 aromatic carbocycles. The third kappa shape index (κ3) is 4.65. The van der Waals surface area contributed by atoms with E-state index in [0.717, 1.165) is 12.8 Å². The van der Waals surface area contributed by atoms with Crippen LogP contribution in [0.1, 0.15) is 18.5 Å². The van der Waals surface area contributed by atoms with Crippen LogP contribution in [0.15, 0.2) is 36.5 Å². The Morgan fingerprint density at radius 1 is 1.25 bits per heavy atom. The van der Waals surface area contributed by atoms with Gasteiger partial charge in [-0.15, -0.1) is 0 Å². The van der Waals surface area contributed by atoms with Gasteiger partial charge in [-0.1, -0.05) is 6.07 Å². The number of aromatic nitrogens is 2. The molecule has 0 radical (unpaired) electrons. The normalized spacial score (nSPS) is 17.6. The Balaban J connectivity index is 1.40. The van der Waals surface area contributed by atoms with Crippen LogP contribution in [0.4, 0.5) is 19.3 Å². The molecule has 0 atom stereocenters. The Bertz CT molecular complexity index is 838. The van der Waals surface area contributed by atoms with E-state index in [4.69, 9.17) is 9.47 Å². The van der Waals surface area contributed by atoms with Gasteiger partial charge in [0.2, 0.25) is 11.8 Å². The van der Waals surface area contributed by atoms with Crippen molar-refractivity contribution in [3.8, 4) is 11.8 Å². The highest BCUT2D eigenvalue weighted by Gasteiger charge is 2.45. The summed E-state index contributed by atoms with van der Waals surface area (Å²) in [6.07, 6.45) is 3.12. The van der Waals surface area contributed by atoms with Gasteiger partial charge in [0.05, 0.1) is 31.9 Å². The van der Waals surface area contributed by atoms with Crippen molar-refractivity contribution in [2.45, 2.75) is 25.3 Å². The van der Waals surface area contributed by atoms with E-state index in [9.17, 15) is 13.6 Å². The maximum atomic E-state index is 13.2. The molecule has 7 nitrogen and oxygen atoms in total. The first-order chi connectivity index (χ1) is 13.5. The topological polar surface area (TPSA) is 76.6 Å². The highest BCUT2D eigenvalue weighted by molar-refractivity contribution is 5.70. The van der Waals surface area contributed by atoms with Crippen LogP contribution in [0.2, 0.25) is 0 Å². The van der Waals surface area contributed by atoms with Crippen molar-refractivity contribution in [3.63, 3.8) is 0 Å². The zero-order valence-corrected chi connectivity index (χ0v) is 15.1. The largest absolute Gasteiger partial charge is 0.476 e. The maximum Gasteiger partial charge on any atom is 0.414 e. The van der Waals surface area contributed by atoms with Crippen LogP contribution >= 0.6 is 0 Å². The summed E-state index contributed by atoms with van der Waals surface area (Å²) < 4.78 is 37.3. The summed E-state index contributed by atoms with van der Waals surface area (Å²) in [4.78, 5) is 21.8. The van der Waals surface area contributed by atoms with Gasteiger partial charge in [-0.05, 0) is 37.0 Å².